The molecule has 100 valence electrons. The van der Waals surface area contributed by atoms with Crippen LogP contribution in [0.2, 0.25) is 0 Å². The van der Waals surface area contributed by atoms with Gasteiger partial charge in [0.1, 0.15) is 0 Å². The lowest BCUT2D eigenvalue weighted by Gasteiger charge is -2.41. The minimum atomic E-state index is 0.280. The molecule has 0 spiro atoms. The molecule has 17 heavy (non-hydrogen) atoms. The van der Waals surface area contributed by atoms with Gasteiger partial charge in [-0.1, -0.05) is 39.5 Å². The molecule has 0 aliphatic heterocycles. The molecule has 2 heteroatoms. The van der Waals surface area contributed by atoms with E-state index in [2.05, 4.69) is 19.2 Å². The van der Waals surface area contributed by atoms with Crippen molar-refractivity contribution in [3.05, 3.63) is 0 Å². The summed E-state index contributed by atoms with van der Waals surface area (Å²) in [7, 11) is 0. The number of rotatable bonds is 4. The Morgan fingerprint density at radius 3 is 2.41 bits per heavy atom. The molecule has 2 nitrogen and oxygen atoms in total. The summed E-state index contributed by atoms with van der Waals surface area (Å²) in [6.07, 6.45) is 9.93. The fourth-order valence-electron chi connectivity index (χ4n) is 3.78. The molecule has 0 aromatic rings. The third-order valence-corrected chi connectivity index (χ3v) is 4.99. The van der Waals surface area contributed by atoms with Gasteiger partial charge in [-0.15, -0.1) is 0 Å². The third kappa shape index (κ3) is 3.45. The maximum atomic E-state index is 9.40. The topological polar surface area (TPSA) is 32.3 Å². The normalized spacial score (nSPS) is 35.6. The molecule has 0 heterocycles. The number of nitrogens with one attached hydrogen (secondary N) is 1. The number of hydrogen-bond donors (Lipinski definition) is 2. The first-order valence-corrected chi connectivity index (χ1v) is 7.57. The largest absolute Gasteiger partial charge is 0.395 e. The van der Waals surface area contributed by atoms with Gasteiger partial charge in [-0.3, -0.25) is 0 Å². The molecule has 0 amide bonds. The highest BCUT2D eigenvalue weighted by Gasteiger charge is 2.32. The molecule has 2 aliphatic rings. The molecule has 4 unspecified atom stereocenters. The summed E-state index contributed by atoms with van der Waals surface area (Å²) in [6.45, 7) is 4.67. The Balaban J connectivity index is 1.82. The molecule has 0 radical (unpaired) electrons. The monoisotopic (exact) mass is 239 g/mol. The lowest BCUT2D eigenvalue weighted by Crippen LogP contribution is -2.47. The van der Waals surface area contributed by atoms with Crippen molar-refractivity contribution in [1.82, 2.24) is 5.32 Å². The van der Waals surface area contributed by atoms with Crippen molar-refractivity contribution in [3.63, 3.8) is 0 Å². The van der Waals surface area contributed by atoms with Gasteiger partial charge in [0, 0.05) is 12.1 Å². The van der Waals surface area contributed by atoms with Crippen molar-refractivity contribution >= 4 is 0 Å². The second-order valence-corrected chi connectivity index (χ2v) is 6.51. The number of hydrogen-bond acceptors (Lipinski definition) is 2. The summed E-state index contributed by atoms with van der Waals surface area (Å²) in [5.41, 5.74) is 0. The highest BCUT2D eigenvalue weighted by molar-refractivity contribution is 4.88. The quantitative estimate of drug-likeness (QED) is 0.790. The van der Waals surface area contributed by atoms with Crippen molar-refractivity contribution in [2.75, 3.05) is 6.61 Å². The highest BCUT2D eigenvalue weighted by atomic mass is 16.3. The predicted octanol–water partition coefficient (Wildman–Crippen LogP) is 2.95. The first kappa shape index (κ1) is 13.4. The van der Waals surface area contributed by atoms with E-state index in [0.29, 0.717) is 18.0 Å². The Bertz CT molecular complexity index is 229. The zero-order valence-corrected chi connectivity index (χ0v) is 11.5. The summed E-state index contributed by atoms with van der Waals surface area (Å²) in [5, 5.41) is 13.1. The molecule has 2 N–H and O–H groups in total. The van der Waals surface area contributed by atoms with Crippen LogP contribution in [0.5, 0.6) is 0 Å². The Morgan fingerprint density at radius 2 is 1.76 bits per heavy atom. The van der Waals surface area contributed by atoms with Crippen molar-refractivity contribution < 1.29 is 5.11 Å². The van der Waals surface area contributed by atoms with Crippen molar-refractivity contribution in [3.8, 4) is 0 Å². The SMILES string of the molecule is CC(C)C(CO)NC1CCC2CCCCC2C1. The number of aliphatic hydroxyl groups is 1. The lowest BCUT2D eigenvalue weighted by atomic mass is 9.69. The Morgan fingerprint density at radius 1 is 1.06 bits per heavy atom. The minimum Gasteiger partial charge on any atom is -0.395 e. The van der Waals surface area contributed by atoms with E-state index < -0.39 is 0 Å². The highest BCUT2D eigenvalue weighted by Crippen LogP contribution is 2.40. The molecule has 0 bridgehead atoms. The summed E-state index contributed by atoms with van der Waals surface area (Å²) in [5.74, 6) is 2.53. The van der Waals surface area contributed by atoms with Gasteiger partial charge >= 0.3 is 0 Å². The summed E-state index contributed by atoms with van der Waals surface area (Å²) in [6, 6.07) is 0.953. The maximum Gasteiger partial charge on any atom is 0.0587 e. The van der Waals surface area contributed by atoms with Crippen LogP contribution in [0.25, 0.3) is 0 Å². The average molecular weight is 239 g/mol. The van der Waals surface area contributed by atoms with Crippen LogP contribution in [-0.2, 0) is 0 Å². The molecule has 0 aromatic carbocycles. The van der Waals surface area contributed by atoms with Gasteiger partial charge in [0.05, 0.1) is 6.61 Å². The van der Waals surface area contributed by atoms with Gasteiger partial charge in [0.15, 0.2) is 0 Å². The van der Waals surface area contributed by atoms with Gasteiger partial charge in [-0.05, 0) is 37.0 Å². The molecule has 4 atom stereocenters. The van der Waals surface area contributed by atoms with Crippen LogP contribution < -0.4 is 5.32 Å². The van der Waals surface area contributed by atoms with Crippen LogP contribution in [0.3, 0.4) is 0 Å². The molecular weight excluding hydrogens is 210 g/mol. The fourth-order valence-corrected chi connectivity index (χ4v) is 3.78. The van der Waals surface area contributed by atoms with E-state index in [-0.39, 0.29) is 6.61 Å². The predicted molar refractivity (Wildman–Crippen MR) is 71.9 cm³/mol. The third-order valence-electron chi connectivity index (χ3n) is 4.99. The van der Waals surface area contributed by atoms with Crippen LogP contribution in [0.15, 0.2) is 0 Å². The summed E-state index contributed by atoms with van der Waals surface area (Å²) >= 11 is 0. The molecule has 2 rings (SSSR count). The smallest absolute Gasteiger partial charge is 0.0587 e. The van der Waals surface area contributed by atoms with Gasteiger partial charge < -0.3 is 10.4 Å². The fraction of sp³-hybridized carbons (Fsp3) is 1.00. The number of aliphatic hydroxyl groups excluding tert-OH is 1. The first-order valence-electron chi connectivity index (χ1n) is 7.57. The van der Waals surface area contributed by atoms with Gasteiger partial charge in [-0.2, -0.15) is 0 Å². The standard InChI is InChI=1S/C15H29NO/c1-11(2)15(10-17)16-14-8-7-12-5-3-4-6-13(12)9-14/h11-17H,3-10H2,1-2H3. The van der Waals surface area contributed by atoms with Crippen LogP contribution in [0.4, 0.5) is 0 Å². The zero-order valence-electron chi connectivity index (χ0n) is 11.5. The summed E-state index contributed by atoms with van der Waals surface area (Å²) < 4.78 is 0. The molecule has 2 fully saturated rings. The van der Waals surface area contributed by atoms with Crippen LogP contribution >= 0.6 is 0 Å². The average Bonchev–Trinajstić information content (AvgIpc) is 2.35. The van der Waals surface area contributed by atoms with Gasteiger partial charge in [-0.25, -0.2) is 0 Å². The van der Waals surface area contributed by atoms with Crippen molar-refractivity contribution in [2.24, 2.45) is 17.8 Å². The van der Waals surface area contributed by atoms with Crippen molar-refractivity contribution in [2.45, 2.75) is 70.9 Å². The Labute approximate surface area is 106 Å². The molecular formula is C15H29NO. The Kier molecular flexibility index (Phi) is 4.87. The van der Waals surface area contributed by atoms with E-state index in [1.54, 1.807) is 0 Å². The van der Waals surface area contributed by atoms with Crippen LogP contribution in [0.1, 0.15) is 58.8 Å². The van der Waals surface area contributed by atoms with E-state index in [9.17, 15) is 5.11 Å². The van der Waals surface area contributed by atoms with Crippen molar-refractivity contribution in [1.29, 1.82) is 0 Å². The first-order chi connectivity index (χ1) is 8.20. The second kappa shape index (κ2) is 6.19. The molecule has 0 saturated heterocycles. The van der Waals surface area contributed by atoms with E-state index in [0.717, 1.165) is 11.8 Å². The van der Waals surface area contributed by atoms with Crippen LogP contribution in [0, 0.1) is 17.8 Å². The second-order valence-electron chi connectivity index (χ2n) is 6.51. The number of fused-ring (bicyclic) bond motifs is 1. The zero-order chi connectivity index (χ0) is 12.3. The molecule has 0 aromatic heterocycles. The van der Waals surface area contributed by atoms with Crippen LogP contribution in [-0.4, -0.2) is 23.8 Å². The van der Waals surface area contributed by atoms with E-state index in [1.165, 1.54) is 44.9 Å². The minimum absolute atomic E-state index is 0.280. The lowest BCUT2D eigenvalue weighted by molar-refractivity contribution is 0.121. The molecule has 2 saturated carbocycles. The van der Waals surface area contributed by atoms with E-state index in [1.807, 2.05) is 0 Å². The summed E-state index contributed by atoms with van der Waals surface area (Å²) in [4.78, 5) is 0. The Hall–Kier alpha value is -0.0800. The maximum absolute atomic E-state index is 9.40. The van der Waals surface area contributed by atoms with E-state index >= 15 is 0 Å². The van der Waals surface area contributed by atoms with E-state index in [4.69, 9.17) is 0 Å². The van der Waals surface area contributed by atoms with Gasteiger partial charge in [0.25, 0.3) is 0 Å². The molecule has 2 aliphatic carbocycles. The van der Waals surface area contributed by atoms with Gasteiger partial charge in [0.2, 0.25) is 0 Å².